The van der Waals surface area contributed by atoms with Crippen LogP contribution in [0.1, 0.15) is 19.3 Å². The largest absolute Gasteiger partial charge is 0.317 e. The number of fused-ring (bicyclic) bond motifs is 1. The standard InChI is InChI=1S/C13H18N4S/c1-2-9-17-12(3-1)15-16-13(17)18-10-6-11-4-7-14-8-5-11/h1-3,9,11,14H,4-8,10H2. The molecule has 1 fully saturated rings. The van der Waals surface area contributed by atoms with Crippen molar-refractivity contribution in [3.05, 3.63) is 24.4 Å². The summed E-state index contributed by atoms with van der Waals surface area (Å²) in [5.41, 5.74) is 0.932. The van der Waals surface area contributed by atoms with Gasteiger partial charge in [0.2, 0.25) is 0 Å². The van der Waals surface area contributed by atoms with E-state index in [4.69, 9.17) is 0 Å². The smallest absolute Gasteiger partial charge is 0.195 e. The Bertz CT molecular complexity index is 504. The Morgan fingerprint density at radius 3 is 3.06 bits per heavy atom. The maximum absolute atomic E-state index is 4.24. The van der Waals surface area contributed by atoms with Gasteiger partial charge in [-0.2, -0.15) is 0 Å². The first kappa shape index (κ1) is 12.0. The highest BCUT2D eigenvalue weighted by atomic mass is 32.2. The van der Waals surface area contributed by atoms with Crippen LogP contribution < -0.4 is 5.32 Å². The van der Waals surface area contributed by atoms with Gasteiger partial charge in [-0.25, -0.2) is 0 Å². The number of nitrogens with one attached hydrogen (secondary N) is 1. The van der Waals surface area contributed by atoms with E-state index in [2.05, 4.69) is 19.9 Å². The third-order valence-electron chi connectivity index (χ3n) is 3.50. The molecule has 1 aliphatic rings. The minimum Gasteiger partial charge on any atom is -0.317 e. The third-order valence-corrected chi connectivity index (χ3v) is 4.47. The maximum Gasteiger partial charge on any atom is 0.195 e. The number of pyridine rings is 1. The first-order valence-corrected chi connectivity index (χ1v) is 7.55. The van der Waals surface area contributed by atoms with Crippen LogP contribution in [0.2, 0.25) is 0 Å². The summed E-state index contributed by atoms with van der Waals surface area (Å²) in [6, 6.07) is 6.00. The molecule has 18 heavy (non-hydrogen) atoms. The Hall–Kier alpha value is -1.07. The molecule has 0 atom stereocenters. The molecule has 0 unspecified atom stereocenters. The van der Waals surface area contributed by atoms with E-state index >= 15 is 0 Å². The summed E-state index contributed by atoms with van der Waals surface area (Å²) in [5, 5.41) is 12.8. The summed E-state index contributed by atoms with van der Waals surface area (Å²) >= 11 is 1.82. The molecule has 3 rings (SSSR count). The summed E-state index contributed by atoms with van der Waals surface area (Å²) in [6.07, 6.45) is 5.96. The van der Waals surface area contributed by atoms with Gasteiger partial charge >= 0.3 is 0 Å². The Labute approximate surface area is 111 Å². The molecule has 5 heteroatoms. The third kappa shape index (κ3) is 2.67. The van der Waals surface area contributed by atoms with Crippen LogP contribution in [0, 0.1) is 5.92 Å². The van der Waals surface area contributed by atoms with Crippen molar-refractivity contribution < 1.29 is 0 Å². The van der Waals surface area contributed by atoms with Crippen LogP contribution in [-0.2, 0) is 0 Å². The lowest BCUT2D eigenvalue weighted by Crippen LogP contribution is -2.27. The van der Waals surface area contributed by atoms with Gasteiger partial charge < -0.3 is 5.32 Å². The van der Waals surface area contributed by atoms with E-state index in [1.165, 1.54) is 32.4 Å². The molecule has 1 aliphatic heterocycles. The number of rotatable bonds is 4. The second kappa shape index (κ2) is 5.71. The summed E-state index contributed by atoms with van der Waals surface area (Å²) in [4.78, 5) is 0. The van der Waals surface area contributed by atoms with Crippen LogP contribution in [0.15, 0.2) is 29.6 Å². The van der Waals surface area contributed by atoms with E-state index in [1.54, 1.807) is 0 Å². The van der Waals surface area contributed by atoms with Gasteiger partial charge in [0.1, 0.15) is 0 Å². The zero-order chi connectivity index (χ0) is 12.2. The van der Waals surface area contributed by atoms with Crippen molar-refractivity contribution in [3.8, 4) is 0 Å². The first-order valence-electron chi connectivity index (χ1n) is 6.57. The normalized spacial score (nSPS) is 17.3. The molecule has 0 aromatic carbocycles. The number of hydrogen-bond acceptors (Lipinski definition) is 4. The summed E-state index contributed by atoms with van der Waals surface area (Å²) in [5.74, 6) is 2.03. The number of nitrogens with zero attached hydrogens (tertiary/aromatic N) is 3. The van der Waals surface area contributed by atoms with Crippen molar-refractivity contribution in [2.45, 2.75) is 24.4 Å². The summed E-state index contributed by atoms with van der Waals surface area (Å²) < 4.78 is 2.06. The number of thioether (sulfide) groups is 1. The fraction of sp³-hybridized carbons (Fsp3) is 0.538. The Balaban J connectivity index is 1.56. The van der Waals surface area contributed by atoms with Gasteiger partial charge in [0, 0.05) is 11.9 Å². The van der Waals surface area contributed by atoms with Crippen LogP contribution in [0.3, 0.4) is 0 Å². The molecule has 2 aromatic rings. The molecule has 96 valence electrons. The highest BCUT2D eigenvalue weighted by Gasteiger charge is 2.13. The van der Waals surface area contributed by atoms with Crippen LogP contribution in [0.4, 0.5) is 0 Å². The van der Waals surface area contributed by atoms with Gasteiger partial charge in [0.25, 0.3) is 0 Å². The van der Waals surface area contributed by atoms with Gasteiger partial charge in [-0.05, 0) is 50.4 Å². The highest BCUT2D eigenvalue weighted by molar-refractivity contribution is 7.99. The predicted octanol–water partition coefficient (Wildman–Crippen LogP) is 2.21. The zero-order valence-electron chi connectivity index (χ0n) is 10.4. The van der Waals surface area contributed by atoms with Crippen molar-refractivity contribution in [1.82, 2.24) is 19.9 Å². The van der Waals surface area contributed by atoms with Crippen molar-refractivity contribution >= 4 is 17.4 Å². The van der Waals surface area contributed by atoms with Crippen molar-refractivity contribution in [1.29, 1.82) is 0 Å². The van der Waals surface area contributed by atoms with Crippen LogP contribution in [0.5, 0.6) is 0 Å². The topological polar surface area (TPSA) is 42.2 Å². The first-order chi connectivity index (χ1) is 8.93. The lowest BCUT2D eigenvalue weighted by molar-refractivity contribution is 0.367. The van der Waals surface area contributed by atoms with Gasteiger partial charge in [-0.1, -0.05) is 17.8 Å². The monoisotopic (exact) mass is 262 g/mol. The van der Waals surface area contributed by atoms with Crippen molar-refractivity contribution in [2.75, 3.05) is 18.8 Å². The predicted molar refractivity (Wildman–Crippen MR) is 73.9 cm³/mol. The second-order valence-electron chi connectivity index (χ2n) is 4.74. The number of piperidine rings is 1. The summed E-state index contributed by atoms with van der Waals surface area (Å²) in [7, 11) is 0. The molecular formula is C13H18N4S. The summed E-state index contributed by atoms with van der Waals surface area (Å²) in [6.45, 7) is 2.37. The van der Waals surface area contributed by atoms with E-state index in [0.717, 1.165) is 22.5 Å². The van der Waals surface area contributed by atoms with Crippen LogP contribution in [-0.4, -0.2) is 33.4 Å². The number of aromatic nitrogens is 3. The lowest BCUT2D eigenvalue weighted by Gasteiger charge is -2.21. The minimum atomic E-state index is 0.887. The van der Waals surface area contributed by atoms with E-state index < -0.39 is 0 Å². The molecule has 0 amide bonds. The van der Waals surface area contributed by atoms with E-state index in [-0.39, 0.29) is 0 Å². The molecule has 2 aromatic heterocycles. The Morgan fingerprint density at radius 1 is 1.28 bits per heavy atom. The Morgan fingerprint density at radius 2 is 2.17 bits per heavy atom. The Kier molecular flexibility index (Phi) is 3.81. The van der Waals surface area contributed by atoms with E-state index in [9.17, 15) is 0 Å². The molecule has 1 saturated heterocycles. The molecule has 4 nitrogen and oxygen atoms in total. The SMILES string of the molecule is c1ccn2c(SCCC3CCNCC3)nnc2c1. The van der Waals surface area contributed by atoms with E-state index in [0.29, 0.717) is 0 Å². The van der Waals surface area contributed by atoms with Crippen LogP contribution >= 0.6 is 11.8 Å². The second-order valence-corrected chi connectivity index (χ2v) is 5.80. The zero-order valence-corrected chi connectivity index (χ0v) is 11.2. The fourth-order valence-electron chi connectivity index (χ4n) is 2.41. The highest BCUT2D eigenvalue weighted by Crippen LogP contribution is 2.22. The molecule has 3 heterocycles. The molecule has 0 aliphatic carbocycles. The van der Waals surface area contributed by atoms with Gasteiger partial charge in [0.15, 0.2) is 10.8 Å². The van der Waals surface area contributed by atoms with Gasteiger partial charge in [-0.3, -0.25) is 4.40 Å². The quantitative estimate of drug-likeness (QED) is 0.858. The minimum absolute atomic E-state index is 0.887. The molecule has 0 spiro atoms. The van der Waals surface area contributed by atoms with Gasteiger partial charge in [-0.15, -0.1) is 10.2 Å². The molecule has 0 bridgehead atoms. The fourth-order valence-corrected chi connectivity index (χ4v) is 3.43. The molecule has 0 radical (unpaired) electrons. The molecule has 0 saturated carbocycles. The molecule has 1 N–H and O–H groups in total. The van der Waals surface area contributed by atoms with Crippen molar-refractivity contribution in [2.24, 2.45) is 5.92 Å². The number of hydrogen-bond donors (Lipinski definition) is 1. The maximum atomic E-state index is 4.24. The van der Waals surface area contributed by atoms with Crippen molar-refractivity contribution in [3.63, 3.8) is 0 Å². The molecular weight excluding hydrogens is 244 g/mol. The average Bonchev–Trinajstić information content (AvgIpc) is 2.84. The van der Waals surface area contributed by atoms with E-state index in [1.807, 2.05) is 36.2 Å². The van der Waals surface area contributed by atoms with Crippen LogP contribution in [0.25, 0.3) is 5.65 Å². The van der Waals surface area contributed by atoms with Gasteiger partial charge in [0.05, 0.1) is 0 Å². The lowest BCUT2D eigenvalue weighted by atomic mass is 9.96. The average molecular weight is 262 g/mol.